The lowest BCUT2D eigenvalue weighted by Gasteiger charge is -2.03. The van der Waals surface area contributed by atoms with Gasteiger partial charge >= 0.3 is 5.97 Å². The number of aliphatic hydroxyl groups is 1. The number of carbonyl (C=O) groups excluding carboxylic acids is 1. The maximum absolute atomic E-state index is 10.7. The molecule has 0 spiro atoms. The van der Waals surface area contributed by atoms with Gasteiger partial charge in [-0.2, -0.15) is 0 Å². The van der Waals surface area contributed by atoms with E-state index < -0.39 is 5.97 Å². The molecule has 0 aromatic rings. The van der Waals surface area contributed by atoms with Crippen molar-refractivity contribution in [1.82, 2.24) is 0 Å². The van der Waals surface area contributed by atoms with Crippen LogP contribution in [0.1, 0.15) is 13.8 Å². The van der Waals surface area contributed by atoms with Crippen molar-refractivity contribution in [2.24, 2.45) is 5.92 Å². The fourth-order valence-corrected chi connectivity index (χ4v) is 0.446. The van der Waals surface area contributed by atoms with E-state index in [0.29, 0.717) is 12.5 Å². The molecule has 0 unspecified atom stereocenters. The summed E-state index contributed by atoms with van der Waals surface area (Å²) >= 11 is 0. The van der Waals surface area contributed by atoms with Crippen LogP contribution in [0.15, 0.2) is 12.2 Å². The fourth-order valence-electron chi connectivity index (χ4n) is 0.446. The second-order valence-corrected chi connectivity index (χ2v) is 2.61. The number of carbonyl (C=O) groups is 1. The van der Waals surface area contributed by atoms with E-state index in [1.807, 2.05) is 13.8 Å². The van der Waals surface area contributed by atoms with E-state index in [1.54, 1.807) is 0 Å². The molecule has 0 aliphatic heterocycles. The van der Waals surface area contributed by atoms with E-state index in [9.17, 15) is 4.79 Å². The zero-order valence-corrected chi connectivity index (χ0v) is 6.91. The van der Waals surface area contributed by atoms with Crippen LogP contribution in [0.2, 0.25) is 0 Å². The molecule has 0 aromatic carbocycles. The molecule has 0 radical (unpaired) electrons. The number of esters is 1. The Bertz CT molecular complexity index is 138. The molecule has 0 bridgehead atoms. The summed E-state index contributed by atoms with van der Waals surface area (Å²) in [5.74, 6) is -0.0470. The van der Waals surface area contributed by atoms with Gasteiger partial charge in [-0.3, -0.25) is 0 Å². The average Bonchev–Trinajstić information content (AvgIpc) is 1.97. The summed E-state index contributed by atoms with van der Waals surface area (Å²) in [4.78, 5) is 10.7. The normalized spacial score (nSPS) is 10.9. The van der Waals surface area contributed by atoms with Gasteiger partial charge in [0.15, 0.2) is 0 Å². The Labute approximate surface area is 66.7 Å². The van der Waals surface area contributed by atoms with Crippen molar-refractivity contribution in [3.8, 4) is 0 Å². The third-order valence-corrected chi connectivity index (χ3v) is 0.918. The third-order valence-electron chi connectivity index (χ3n) is 0.918. The first-order valence-electron chi connectivity index (χ1n) is 3.61. The van der Waals surface area contributed by atoms with Gasteiger partial charge in [0, 0.05) is 6.08 Å². The summed E-state index contributed by atoms with van der Waals surface area (Å²) in [6.45, 7) is 4.22. The Morgan fingerprint density at radius 1 is 1.64 bits per heavy atom. The molecule has 0 atom stereocenters. The lowest BCUT2D eigenvalue weighted by atomic mass is 10.2. The minimum absolute atomic E-state index is 0.128. The van der Waals surface area contributed by atoms with E-state index >= 15 is 0 Å². The standard InChI is InChI=1S/C8H14O3/c1-7(2)6-11-8(10)4-3-5-9/h3-4,7,9H,5-6H2,1-2H3. The van der Waals surface area contributed by atoms with Crippen molar-refractivity contribution in [2.45, 2.75) is 13.8 Å². The molecule has 0 saturated heterocycles. The molecular weight excluding hydrogens is 144 g/mol. The van der Waals surface area contributed by atoms with Gasteiger partial charge in [-0.1, -0.05) is 19.9 Å². The highest BCUT2D eigenvalue weighted by Crippen LogP contribution is 1.92. The largest absolute Gasteiger partial charge is 0.462 e. The number of hydrogen-bond acceptors (Lipinski definition) is 3. The third kappa shape index (κ3) is 7.06. The summed E-state index contributed by atoms with van der Waals surface area (Å²) in [6.07, 6.45) is 2.57. The van der Waals surface area contributed by atoms with Crippen LogP contribution < -0.4 is 0 Å². The van der Waals surface area contributed by atoms with Gasteiger partial charge in [0.05, 0.1) is 13.2 Å². The summed E-state index contributed by atoms with van der Waals surface area (Å²) in [5.41, 5.74) is 0. The van der Waals surface area contributed by atoms with Crippen LogP contribution in [0, 0.1) is 5.92 Å². The minimum atomic E-state index is -0.396. The van der Waals surface area contributed by atoms with Crippen molar-refractivity contribution in [3.63, 3.8) is 0 Å². The predicted octanol–water partition coefficient (Wildman–Crippen LogP) is 0.734. The monoisotopic (exact) mass is 158 g/mol. The molecule has 0 aliphatic rings. The molecular formula is C8H14O3. The number of rotatable bonds is 4. The maximum atomic E-state index is 10.7. The Hall–Kier alpha value is -0.830. The molecule has 3 heteroatoms. The zero-order chi connectivity index (χ0) is 8.69. The predicted molar refractivity (Wildman–Crippen MR) is 42.0 cm³/mol. The SMILES string of the molecule is CC(C)COC(=O)C=CCO. The first kappa shape index (κ1) is 10.2. The van der Waals surface area contributed by atoms with E-state index in [2.05, 4.69) is 0 Å². The Balaban J connectivity index is 3.45. The summed E-state index contributed by atoms with van der Waals surface area (Å²) in [6, 6.07) is 0. The first-order valence-corrected chi connectivity index (χ1v) is 3.61. The van der Waals surface area contributed by atoms with Gasteiger partial charge in [-0.15, -0.1) is 0 Å². The van der Waals surface area contributed by atoms with Crippen molar-refractivity contribution in [3.05, 3.63) is 12.2 Å². The van der Waals surface area contributed by atoms with Gasteiger partial charge < -0.3 is 9.84 Å². The molecule has 0 heterocycles. The number of aliphatic hydroxyl groups excluding tert-OH is 1. The van der Waals surface area contributed by atoms with Crippen molar-refractivity contribution >= 4 is 5.97 Å². The van der Waals surface area contributed by atoms with E-state index in [4.69, 9.17) is 9.84 Å². The zero-order valence-electron chi connectivity index (χ0n) is 6.91. The maximum Gasteiger partial charge on any atom is 0.330 e. The van der Waals surface area contributed by atoms with E-state index in [0.717, 1.165) is 0 Å². The van der Waals surface area contributed by atoms with Crippen LogP contribution in [0.4, 0.5) is 0 Å². The van der Waals surface area contributed by atoms with Gasteiger partial charge in [-0.25, -0.2) is 4.79 Å². The smallest absolute Gasteiger partial charge is 0.330 e. The Morgan fingerprint density at radius 3 is 2.73 bits per heavy atom. The van der Waals surface area contributed by atoms with E-state index in [-0.39, 0.29) is 6.61 Å². The van der Waals surface area contributed by atoms with E-state index in [1.165, 1.54) is 12.2 Å². The first-order chi connectivity index (χ1) is 5.16. The summed E-state index contributed by atoms with van der Waals surface area (Å²) in [7, 11) is 0. The Kier molecular flexibility index (Phi) is 5.47. The highest BCUT2D eigenvalue weighted by molar-refractivity contribution is 5.81. The van der Waals surface area contributed by atoms with Gasteiger partial charge in [0.2, 0.25) is 0 Å². The van der Waals surface area contributed by atoms with Crippen LogP contribution in [0.25, 0.3) is 0 Å². The second kappa shape index (κ2) is 5.92. The molecule has 0 aromatic heterocycles. The van der Waals surface area contributed by atoms with Crippen LogP contribution in [-0.2, 0) is 9.53 Å². The molecule has 1 N–H and O–H groups in total. The summed E-state index contributed by atoms with van der Waals surface area (Å²) in [5, 5.41) is 8.30. The molecule has 0 aliphatic carbocycles. The Morgan fingerprint density at radius 2 is 2.27 bits per heavy atom. The van der Waals surface area contributed by atoms with Gasteiger partial charge in [0.1, 0.15) is 0 Å². The molecule has 0 amide bonds. The molecule has 0 saturated carbocycles. The van der Waals surface area contributed by atoms with Gasteiger partial charge in [0.25, 0.3) is 0 Å². The van der Waals surface area contributed by atoms with Crippen LogP contribution >= 0.6 is 0 Å². The molecule has 0 rings (SSSR count). The topological polar surface area (TPSA) is 46.5 Å². The van der Waals surface area contributed by atoms with Crippen molar-refractivity contribution in [1.29, 1.82) is 0 Å². The van der Waals surface area contributed by atoms with Crippen LogP contribution in [0.3, 0.4) is 0 Å². The molecule has 3 nitrogen and oxygen atoms in total. The highest BCUT2D eigenvalue weighted by Gasteiger charge is 1.97. The molecule has 64 valence electrons. The highest BCUT2D eigenvalue weighted by atomic mass is 16.5. The van der Waals surface area contributed by atoms with Crippen molar-refractivity contribution in [2.75, 3.05) is 13.2 Å². The quantitative estimate of drug-likeness (QED) is 0.484. The van der Waals surface area contributed by atoms with Crippen LogP contribution in [0.5, 0.6) is 0 Å². The number of ether oxygens (including phenoxy) is 1. The van der Waals surface area contributed by atoms with Gasteiger partial charge in [-0.05, 0) is 5.92 Å². The van der Waals surface area contributed by atoms with Crippen molar-refractivity contribution < 1.29 is 14.6 Å². The fraction of sp³-hybridized carbons (Fsp3) is 0.625. The molecule has 11 heavy (non-hydrogen) atoms. The molecule has 0 fully saturated rings. The average molecular weight is 158 g/mol. The lowest BCUT2D eigenvalue weighted by molar-refractivity contribution is -0.138. The number of hydrogen-bond donors (Lipinski definition) is 1. The summed E-state index contributed by atoms with van der Waals surface area (Å²) < 4.78 is 4.77. The lowest BCUT2D eigenvalue weighted by Crippen LogP contribution is -2.07. The second-order valence-electron chi connectivity index (χ2n) is 2.61. The van der Waals surface area contributed by atoms with Crippen LogP contribution in [-0.4, -0.2) is 24.3 Å². The minimum Gasteiger partial charge on any atom is -0.462 e.